The SMILES string of the molecule is N#CCCCC(CCc1ccccc1)C(F)(F)C(F)(F)F. The second-order valence-electron chi connectivity index (χ2n) is 4.89. The predicted octanol–water partition coefficient (Wildman–Crippen LogP) is 5.13. The molecule has 1 unspecified atom stereocenters. The molecule has 0 aliphatic heterocycles. The zero-order chi connectivity index (χ0) is 15.9. The van der Waals surface area contributed by atoms with Crippen LogP contribution in [0.25, 0.3) is 0 Å². The van der Waals surface area contributed by atoms with Crippen LogP contribution in [0.15, 0.2) is 30.3 Å². The molecule has 1 nitrogen and oxygen atoms in total. The average molecular weight is 305 g/mol. The lowest BCUT2D eigenvalue weighted by molar-refractivity contribution is -0.304. The van der Waals surface area contributed by atoms with Crippen molar-refractivity contribution in [1.82, 2.24) is 0 Å². The summed E-state index contributed by atoms with van der Waals surface area (Å²) in [4.78, 5) is 0. The quantitative estimate of drug-likeness (QED) is 0.506. The lowest BCUT2D eigenvalue weighted by Crippen LogP contribution is -2.43. The van der Waals surface area contributed by atoms with E-state index in [9.17, 15) is 22.0 Å². The Hall–Kier alpha value is -1.64. The van der Waals surface area contributed by atoms with Crippen LogP contribution in [-0.4, -0.2) is 12.1 Å². The molecule has 0 bridgehead atoms. The Kier molecular flexibility index (Phi) is 6.13. The van der Waals surface area contributed by atoms with Crippen LogP contribution in [0, 0.1) is 17.2 Å². The van der Waals surface area contributed by atoms with E-state index in [0.717, 1.165) is 5.56 Å². The molecule has 1 aromatic rings. The summed E-state index contributed by atoms with van der Waals surface area (Å²) in [6.07, 6.45) is -5.95. The summed E-state index contributed by atoms with van der Waals surface area (Å²) in [6, 6.07) is 10.3. The van der Waals surface area contributed by atoms with E-state index < -0.39 is 18.0 Å². The van der Waals surface area contributed by atoms with Crippen molar-refractivity contribution in [2.75, 3.05) is 0 Å². The van der Waals surface area contributed by atoms with Crippen LogP contribution < -0.4 is 0 Å². The Morgan fingerprint density at radius 1 is 1.00 bits per heavy atom. The molecule has 0 spiro atoms. The van der Waals surface area contributed by atoms with E-state index in [4.69, 9.17) is 5.26 Å². The fraction of sp³-hybridized carbons (Fsp3) is 0.533. The second kappa shape index (κ2) is 7.39. The first-order valence-electron chi connectivity index (χ1n) is 6.64. The maximum Gasteiger partial charge on any atom is 0.453 e. The molecule has 21 heavy (non-hydrogen) atoms. The molecular weight excluding hydrogens is 289 g/mol. The minimum atomic E-state index is -5.55. The van der Waals surface area contributed by atoms with Gasteiger partial charge in [-0.25, -0.2) is 0 Å². The first kappa shape index (κ1) is 17.4. The third-order valence-corrected chi connectivity index (χ3v) is 3.36. The molecule has 1 rings (SSSR count). The minimum Gasteiger partial charge on any atom is -0.198 e. The van der Waals surface area contributed by atoms with Crippen molar-refractivity contribution < 1.29 is 22.0 Å². The summed E-state index contributed by atoms with van der Waals surface area (Å²) in [7, 11) is 0. The maximum absolute atomic E-state index is 13.5. The second-order valence-corrected chi connectivity index (χ2v) is 4.89. The third-order valence-electron chi connectivity index (χ3n) is 3.36. The van der Waals surface area contributed by atoms with Gasteiger partial charge in [-0.2, -0.15) is 27.2 Å². The number of alkyl halides is 5. The Morgan fingerprint density at radius 3 is 2.14 bits per heavy atom. The van der Waals surface area contributed by atoms with Gasteiger partial charge in [0.1, 0.15) is 0 Å². The molecule has 0 saturated heterocycles. The molecule has 0 fully saturated rings. The van der Waals surface area contributed by atoms with Gasteiger partial charge in [-0.15, -0.1) is 0 Å². The van der Waals surface area contributed by atoms with Crippen molar-refractivity contribution in [3.05, 3.63) is 35.9 Å². The molecule has 0 amide bonds. The number of hydrogen-bond donors (Lipinski definition) is 0. The van der Waals surface area contributed by atoms with Crippen LogP contribution in [-0.2, 0) is 6.42 Å². The van der Waals surface area contributed by atoms with E-state index in [-0.39, 0.29) is 32.1 Å². The molecule has 0 aromatic heterocycles. The Labute approximate surface area is 120 Å². The fourth-order valence-corrected chi connectivity index (χ4v) is 2.15. The minimum absolute atomic E-state index is 0.0181. The lowest BCUT2D eigenvalue weighted by atomic mass is 9.88. The van der Waals surface area contributed by atoms with E-state index in [2.05, 4.69) is 0 Å². The molecule has 0 radical (unpaired) electrons. The number of nitrogens with zero attached hydrogens (tertiary/aromatic N) is 1. The molecule has 116 valence electrons. The molecule has 1 aromatic carbocycles. The number of rotatable bonds is 7. The summed E-state index contributed by atoms with van der Waals surface area (Å²) >= 11 is 0. The van der Waals surface area contributed by atoms with Gasteiger partial charge in [0.05, 0.1) is 6.07 Å². The topological polar surface area (TPSA) is 23.8 Å². The maximum atomic E-state index is 13.5. The first-order chi connectivity index (χ1) is 9.79. The molecule has 0 aliphatic carbocycles. The van der Waals surface area contributed by atoms with Crippen LogP contribution in [0.1, 0.15) is 31.2 Å². The summed E-state index contributed by atoms with van der Waals surface area (Å²) in [6.45, 7) is 0. The normalized spacial score (nSPS) is 13.7. The molecule has 0 N–H and O–H groups in total. The van der Waals surface area contributed by atoms with Gasteiger partial charge in [0.15, 0.2) is 0 Å². The number of halogens is 5. The summed E-state index contributed by atoms with van der Waals surface area (Å²) in [5.74, 6) is -6.52. The van der Waals surface area contributed by atoms with Gasteiger partial charge in [-0.3, -0.25) is 0 Å². The third kappa shape index (κ3) is 5.00. The number of hydrogen-bond acceptors (Lipinski definition) is 1. The zero-order valence-electron chi connectivity index (χ0n) is 11.3. The van der Waals surface area contributed by atoms with Crippen LogP contribution in [0.2, 0.25) is 0 Å². The van der Waals surface area contributed by atoms with E-state index in [1.807, 2.05) is 0 Å². The van der Waals surface area contributed by atoms with Gasteiger partial charge in [0.2, 0.25) is 0 Å². The van der Waals surface area contributed by atoms with Crippen molar-refractivity contribution in [2.45, 2.75) is 44.2 Å². The number of aryl methyl sites for hydroxylation is 1. The average Bonchev–Trinajstić information content (AvgIpc) is 2.42. The van der Waals surface area contributed by atoms with Gasteiger partial charge in [-0.05, 0) is 31.2 Å². The summed E-state index contributed by atoms with van der Waals surface area (Å²) in [5, 5.41) is 8.39. The molecule has 1 atom stereocenters. The predicted molar refractivity (Wildman–Crippen MR) is 68.7 cm³/mol. The van der Waals surface area contributed by atoms with Crippen molar-refractivity contribution >= 4 is 0 Å². The van der Waals surface area contributed by atoms with Crippen LogP contribution in [0.5, 0.6) is 0 Å². The van der Waals surface area contributed by atoms with Gasteiger partial charge in [0.25, 0.3) is 0 Å². The van der Waals surface area contributed by atoms with Crippen molar-refractivity contribution in [1.29, 1.82) is 5.26 Å². The highest BCUT2D eigenvalue weighted by Gasteiger charge is 2.61. The summed E-state index contributed by atoms with van der Waals surface area (Å²) in [5.41, 5.74) is 0.723. The van der Waals surface area contributed by atoms with Crippen LogP contribution >= 0.6 is 0 Å². The molecular formula is C15H16F5N. The smallest absolute Gasteiger partial charge is 0.198 e. The molecule has 0 saturated carbocycles. The van der Waals surface area contributed by atoms with Crippen molar-refractivity contribution in [3.8, 4) is 6.07 Å². The van der Waals surface area contributed by atoms with Gasteiger partial charge >= 0.3 is 12.1 Å². The van der Waals surface area contributed by atoms with E-state index in [0.29, 0.717) is 0 Å². The summed E-state index contributed by atoms with van der Waals surface area (Å²) < 4.78 is 64.5. The highest BCUT2D eigenvalue weighted by atomic mass is 19.4. The van der Waals surface area contributed by atoms with E-state index in [1.54, 1.807) is 36.4 Å². The Balaban J connectivity index is 2.75. The number of unbranched alkanes of at least 4 members (excludes halogenated alkanes) is 1. The van der Waals surface area contributed by atoms with Crippen molar-refractivity contribution in [2.24, 2.45) is 5.92 Å². The molecule has 0 heterocycles. The van der Waals surface area contributed by atoms with E-state index >= 15 is 0 Å². The van der Waals surface area contributed by atoms with Crippen molar-refractivity contribution in [3.63, 3.8) is 0 Å². The van der Waals surface area contributed by atoms with Gasteiger partial charge in [0, 0.05) is 12.3 Å². The highest BCUT2D eigenvalue weighted by Crippen LogP contribution is 2.44. The van der Waals surface area contributed by atoms with Crippen LogP contribution in [0.4, 0.5) is 22.0 Å². The highest BCUT2D eigenvalue weighted by molar-refractivity contribution is 5.14. The lowest BCUT2D eigenvalue weighted by Gasteiger charge is -2.28. The standard InChI is InChI=1S/C15H16F5N/c16-14(17,15(18,19)20)13(8-4-5-11-21)10-9-12-6-2-1-3-7-12/h1-3,6-7,13H,4-5,8-10H2. The Bertz CT molecular complexity index is 461. The molecule has 0 aliphatic rings. The fourth-order valence-electron chi connectivity index (χ4n) is 2.15. The molecule has 6 heteroatoms. The monoisotopic (exact) mass is 305 g/mol. The zero-order valence-corrected chi connectivity index (χ0v) is 11.3. The first-order valence-corrected chi connectivity index (χ1v) is 6.64. The van der Waals surface area contributed by atoms with Gasteiger partial charge in [-0.1, -0.05) is 30.3 Å². The van der Waals surface area contributed by atoms with Crippen LogP contribution in [0.3, 0.4) is 0 Å². The van der Waals surface area contributed by atoms with E-state index in [1.165, 1.54) is 0 Å². The van der Waals surface area contributed by atoms with Gasteiger partial charge < -0.3 is 0 Å². The Morgan fingerprint density at radius 2 is 1.62 bits per heavy atom. The number of nitriles is 1. The number of benzene rings is 1. The largest absolute Gasteiger partial charge is 0.453 e.